The number of fused-ring (bicyclic) bond motifs is 1. The van der Waals surface area contributed by atoms with Crippen molar-refractivity contribution in [2.24, 2.45) is 13.0 Å². The molecule has 172 valence electrons. The summed E-state index contributed by atoms with van der Waals surface area (Å²) in [5.74, 6) is 0.570. The summed E-state index contributed by atoms with van der Waals surface area (Å²) >= 11 is 0. The van der Waals surface area contributed by atoms with Crippen molar-refractivity contribution in [2.75, 3.05) is 13.1 Å². The Balaban J connectivity index is 1.47. The zero-order valence-corrected chi connectivity index (χ0v) is 19.1. The van der Waals surface area contributed by atoms with E-state index in [9.17, 15) is 14.4 Å². The minimum absolute atomic E-state index is 0.117. The molecule has 1 aliphatic carbocycles. The number of carbonyl (C=O) groups excluding carboxylic acids is 1. The Bertz CT molecular complexity index is 1290. The van der Waals surface area contributed by atoms with Crippen molar-refractivity contribution in [1.29, 1.82) is 0 Å². The van der Waals surface area contributed by atoms with Gasteiger partial charge >= 0.3 is 5.69 Å². The predicted molar refractivity (Wildman–Crippen MR) is 127 cm³/mol. The van der Waals surface area contributed by atoms with Gasteiger partial charge in [-0.15, -0.1) is 0 Å². The standard InChI is InChI=1S/C26H30N4O3/c1-28-25(32)21-12-13-22(20-14-15-29(17-20)24(31)19-10-6-3-7-11-19)27-23(21)30(26(28)33)16-18-8-4-2-5-9-18/h2,4-5,8-9,12-13,19-20H,3,6-7,10-11,14-17H2,1H3. The van der Waals surface area contributed by atoms with E-state index in [1.54, 1.807) is 10.6 Å². The maximum atomic E-state index is 13.0. The molecule has 1 aliphatic heterocycles. The molecule has 1 saturated carbocycles. The molecule has 0 spiro atoms. The first-order chi connectivity index (χ1) is 16.0. The normalized spacial score (nSPS) is 19.3. The van der Waals surface area contributed by atoms with Crippen molar-refractivity contribution < 1.29 is 4.79 Å². The second kappa shape index (κ2) is 8.96. The molecule has 3 aromatic rings. The Morgan fingerprint density at radius 1 is 1.00 bits per heavy atom. The van der Waals surface area contributed by atoms with Gasteiger partial charge < -0.3 is 4.90 Å². The molecule has 1 amide bonds. The van der Waals surface area contributed by atoms with Gasteiger partial charge in [-0.3, -0.25) is 18.7 Å². The van der Waals surface area contributed by atoms with Gasteiger partial charge in [0.1, 0.15) is 5.65 Å². The quantitative estimate of drug-likeness (QED) is 0.617. The first-order valence-electron chi connectivity index (χ1n) is 12.0. The van der Waals surface area contributed by atoms with Gasteiger partial charge in [0.25, 0.3) is 5.56 Å². The van der Waals surface area contributed by atoms with Gasteiger partial charge in [-0.05, 0) is 37.0 Å². The molecular weight excluding hydrogens is 416 g/mol. The number of pyridine rings is 1. The molecule has 3 heterocycles. The fourth-order valence-corrected chi connectivity index (χ4v) is 5.32. The lowest BCUT2D eigenvalue weighted by Gasteiger charge is -2.26. The van der Waals surface area contributed by atoms with Gasteiger partial charge in [0.2, 0.25) is 5.91 Å². The van der Waals surface area contributed by atoms with Crippen LogP contribution in [0.5, 0.6) is 0 Å². The smallest absolute Gasteiger partial charge is 0.332 e. The number of hydrogen-bond donors (Lipinski definition) is 0. The highest BCUT2D eigenvalue weighted by molar-refractivity contribution is 5.79. The van der Waals surface area contributed by atoms with Crippen LogP contribution in [0.2, 0.25) is 0 Å². The van der Waals surface area contributed by atoms with E-state index >= 15 is 0 Å². The van der Waals surface area contributed by atoms with Crippen LogP contribution < -0.4 is 11.2 Å². The van der Waals surface area contributed by atoms with Crippen LogP contribution in [0, 0.1) is 5.92 Å². The second-order valence-electron chi connectivity index (χ2n) is 9.43. The summed E-state index contributed by atoms with van der Waals surface area (Å²) in [4.78, 5) is 45.6. The van der Waals surface area contributed by atoms with E-state index < -0.39 is 0 Å². The molecule has 0 radical (unpaired) electrons. The third kappa shape index (κ3) is 4.12. The van der Waals surface area contributed by atoms with Crippen LogP contribution in [0.1, 0.15) is 55.7 Å². The van der Waals surface area contributed by atoms with Gasteiger partial charge in [-0.2, -0.15) is 0 Å². The van der Waals surface area contributed by atoms with E-state index in [2.05, 4.69) is 0 Å². The molecule has 2 aliphatic rings. The molecule has 0 bridgehead atoms. The monoisotopic (exact) mass is 446 g/mol. The molecule has 1 saturated heterocycles. The van der Waals surface area contributed by atoms with Crippen molar-refractivity contribution in [2.45, 2.75) is 51.0 Å². The van der Waals surface area contributed by atoms with Crippen molar-refractivity contribution in [3.8, 4) is 0 Å². The summed E-state index contributed by atoms with van der Waals surface area (Å²) in [5.41, 5.74) is 1.52. The number of hydrogen-bond acceptors (Lipinski definition) is 4. The number of likely N-dealkylation sites (tertiary alicyclic amines) is 1. The van der Waals surface area contributed by atoms with Crippen LogP contribution in [0.15, 0.2) is 52.1 Å². The fourth-order valence-electron chi connectivity index (χ4n) is 5.32. The first-order valence-corrected chi connectivity index (χ1v) is 12.0. The zero-order valence-electron chi connectivity index (χ0n) is 19.1. The lowest BCUT2D eigenvalue weighted by molar-refractivity contribution is -0.135. The molecule has 1 aromatic carbocycles. The number of carbonyl (C=O) groups is 1. The van der Waals surface area contributed by atoms with Gasteiger partial charge in [0, 0.05) is 37.7 Å². The summed E-state index contributed by atoms with van der Waals surface area (Å²) in [6.07, 6.45) is 6.39. The van der Waals surface area contributed by atoms with E-state index in [-0.39, 0.29) is 29.0 Å². The van der Waals surface area contributed by atoms with Gasteiger partial charge in [0.05, 0.1) is 11.9 Å². The molecule has 33 heavy (non-hydrogen) atoms. The lowest BCUT2D eigenvalue weighted by Crippen LogP contribution is -2.39. The number of amides is 1. The van der Waals surface area contributed by atoms with Crippen molar-refractivity contribution >= 4 is 16.9 Å². The van der Waals surface area contributed by atoms with Crippen molar-refractivity contribution in [3.05, 3.63) is 74.6 Å². The minimum Gasteiger partial charge on any atom is -0.342 e. The third-order valence-corrected chi connectivity index (χ3v) is 7.26. The van der Waals surface area contributed by atoms with E-state index in [4.69, 9.17) is 4.98 Å². The highest BCUT2D eigenvalue weighted by Crippen LogP contribution is 2.31. The summed E-state index contributed by atoms with van der Waals surface area (Å²) < 4.78 is 2.72. The van der Waals surface area contributed by atoms with Crippen molar-refractivity contribution in [1.82, 2.24) is 19.0 Å². The Kier molecular flexibility index (Phi) is 5.87. The maximum absolute atomic E-state index is 13.0. The Morgan fingerprint density at radius 2 is 1.76 bits per heavy atom. The summed E-state index contributed by atoms with van der Waals surface area (Å²) in [6.45, 7) is 1.74. The van der Waals surface area contributed by atoms with E-state index in [1.807, 2.05) is 41.3 Å². The van der Waals surface area contributed by atoms with Crippen LogP contribution in [0.25, 0.3) is 11.0 Å². The summed E-state index contributed by atoms with van der Waals surface area (Å²) in [7, 11) is 1.51. The Hall–Kier alpha value is -3.22. The predicted octanol–water partition coefficient (Wildman–Crippen LogP) is 3.04. The number of aromatic nitrogens is 3. The highest BCUT2D eigenvalue weighted by Gasteiger charge is 2.33. The summed E-state index contributed by atoms with van der Waals surface area (Å²) in [6, 6.07) is 13.4. The van der Waals surface area contributed by atoms with Crippen LogP contribution >= 0.6 is 0 Å². The first kappa shape index (κ1) is 21.6. The minimum atomic E-state index is -0.374. The topological polar surface area (TPSA) is 77.2 Å². The lowest BCUT2D eigenvalue weighted by atomic mass is 9.88. The Labute approximate surface area is 192 Å². The molecule has 1 atom stereocenters. The average molecular weight is 447 g/mol. The largest absolute Gasteiger partial charge is 0.342 e. The Morgan fingerprint density at radius 3 is 2.52 bits per heavy atom. The molecular formula is C26H30N4O3. The summed E-state index contributed by atoms with van der Waals surface area (Å²) in [5, 5.41) is 0.435. The van der Waals surface area contributed by atoms with Crippen molar-refractivity contribution in [3.63, 3.8) is 0 Å². The van der Waals surface area contributed by atoms with Gasteiger partial charge in [-0.25, -0.2) is 9.78 Å². The fraction of sp³-hybridized carbons (Fsp3) is 0.462. The molecule has 7 heteroatoms. The van der Waals surface area contributed by atoms with Crippen LogP contribution in [-0.2, 0) is 18.4 Å². The van der Waals surface area contributed by atoms with E-state index in [0.29, 0.717) is 24.1 Å². The molecule has 5 rings (SSSR count). The second-order valence-corrected chi connectivity index (χ2v) is 9.43. The van der Waals surface area contributed by atoms with Crippen LogP contribution in [0.3, 0.4) is 0 Å². The van der Waals surface area contributed by atoms with E-state index in [0.717, 1.165) is 54.5 Å². The van der Waals surface area contributed by atoms with E-state index in [1.165, 1.54) is 13.5 Å². The molecule has 0 N–H and O–H groups in total. The van der Waals surface area contributed by atoms with Gasteiger partial charge in [0.15, 0.2) is 0 Å². The maximum Gasteiger partial charge on any atom is 0.332 e. The highest BCUT2D eigenvalue weighted by atomic mass is 16.2. The molecule has 7 nitrogen and oxygen atoms in total. The number of benzene rings is 1. The molecule has 1 unspecified atom stereocenters. The average Bonchev–Trinajstić information content (AvgIpc) is 3.36. The third-order valence-electron chi connectivity index (χ3n) is 7.26. The number of rotatable bonds is 4. The zero-order chi connectivity index (χ0) is 22.9. The molecule has 2 fully saturated rings. The SMILES string of the molecule is Cn1c(=O)c2ccc(C3CCN(C(=O)C4CCCCC4)C3)nc2n(Cc2ccccc2)c1=O. The number of nitrogens with zero attached hydrogens (tertiary/aromatic N) is 4. The van der Waals surface area contributed by atoms with Gasteiger partial charge in [-0.1, -0.05) is 49.6 Å². The van der Waals surface area contributed by atoms with Crippen LogP contribution in [0.4, 0.5) is 0 Å². The molecule has 2 aromatic heterocycles. The van der Waals surface area contributed by atoms with Crippen LogP contribution in [-0.4, -0.2) is 38.0 Å².